The molecule has 1 saturated carbocycles. The average molecular weight is 340 g/mol. The molecule has 1 amide bonds. The van der Waals surface area contributed by atoms with E-state index in [1.54, 1.807) is 24.3 Å². The molecule has 1 aliphatic carbocycles. The van der Waals surface area contributed by atoms with Gasteiger partial charge < -0.3 is 10.5 Å². The summed E-state index contributed by atoms with van der Waals surface area (Å²) in [5.74, 6) is -1.29. The highest BCUT2D eigenvalue weighted by atomic mass is 32.2. The Balaban J connectivity index is 1.98. The first kappa shape index (κ1) is 17.4. The number of sulfonamides is 1. The van der Waals surface area contributed by atoms with Crippen molar-refractivity contribution >= 4 is 21.9 Å². The number of carbonyl (C=O) groups excluding carboxylic acids is 2. The zero-order valence-corrected chi connectivity index (χ0v) is 13.6. The third-order valence-corrected chi connectivity index (χ3v) is 5.90. The zero-order valence-electron chi connectivity index (χ0n) is 12.8. The predicted molar refractivity (Wildman–Crippen MR) is 83.9 cm³/mol. The fourth-order valence-corrected chi connectivity index (χ4v) is 4.27. The molecule has 0 aliphatic heterocycles. The van der Waals surface area contributed by atoms with Gasteiger partial charge in [-0.2, -0.15) is 0 Å². The minimum atomic E-state index is -3.54. The van der Waals surface area contributed by atoms with Gasteiger partial charge in [0.15, 0.2) is 0 Å². The normalized spacial score (nSPS) is 21.1. The lowest BCUT2D eigenvalue weighted by atomic mass is 10.1. The fraction of sp³-hybridized carbons (Fsp3) is 0.467. The molecule has 8 heteroatoms. The number of amides is 1. The second-order valence-electron chi connectivity index (χ2n) is 5.59. The quantitative estimate of drug-likeness (QED) is 0.734. The van der Waals surface area contributed by atoms with Crippen LogP contribution in [0.3, 0.4) is 0 Å². The zero-order chi connectivity index (χ0) is 17.0. The van der Waals surface area contributed by atoms with Gasteiger partial charge in [0.25, 0.3) is 0 Å². The van der Waals surface area contributed by atoms with E-state index in [-0.39, 0.29) is 24.9 Å². The molecule has 1 aromatic carbocycles. The van der Waals surface area contributed by atoms with E-state index in [9.17, 15) is 18.0 Å². The van der Waals surface area contributed by atoms with E-state index in [1.165, 1.54) is 7.11 Å². The Bertz CT molecular complexity index is 702. The second kappa shape index (κ2) is 7.10. The molecule has 2 atom stereocenters. The summed E-state index contributed by atoms with van der Waals surface area (Å²) in [6, 6.07) is 6.47. The number of nitrogens with one attached hydrogen (secondary N) is 1. The van der Waals surface area contributed by atoms with Gasteiger partial charge in [-0.3, -0.25) is 9.59 Å². The van der Waals surface area contributed by atoms with E-state index >= 15 is 0 Å². The first-order valence-electron chi connectivity index (χ1n) is 7.28. The number of benzene rings is 1. The van der Waals surface area contributed by atoms with Crippen molar-refractivity contribution in [1.29, 1.82) is 0 Å². The first-order chi connectivity index (χ1) is 10.8. The Morgan fingerprint density at radius 1 is 1.35 bits per heavy atom. The molecular formula is C15H20N2O5S. The molecule has 0 aromatic heterocycles. The van der Waals surface area contributed by atoms with Crippen molar-refractivity contribution in [2.24, 2.45) is 11.7 Å². The first-order valence-corrected chi connectivity index (χ1v) is 8.83. The van der Waals surface area contributed by atoms with Crippen LogP contribution in [-0.4, -0.2) is 32.7 Å². The second-order valence-corrected chi connectivity index (χ2v) is 7.63. The van der Waals surface area contributed by atoms with Crippen molar-refractivity contribution in [2.75, 3.05) is 7.11 Å². The summed E-state index contributed by atoms with van der Waals surface area (Å²) in [6.07, 6.45) is 1.20. The number of esters is 1. The molecule has 0 unspecified atom stereocenters. The number of rotatable bonds is 6. The molecule has 7 nitrogen and oxygen atoms in total. The van der Waals surface area contributed by atoms with Crippen LogP contribution in [0.25, 0.3) is 0 Å². The van der Waals surface area contributed by atoms with E-state index in [0.29, 0.717) is 24.0 Å². The third-order valence-electron chi connectivity index (χ3n) is 4.05. The minimum absolute atomic E-state index is 0.0723. The Hall–Kier alpha value is -1.93. The molecule has 0 radical (unpaired) electrons. The van der Waals surface area contributed by atoms with Crippen LogP contribution >= 0.6 is 0 Å². The van der Waals surface area contributed by atoms with Crippen molar-refractivity contribution in [3.63, 3.8) is 0 Å². The van der Waals surface area contributed by atoms with Crippen molar-refractivity contribution in [3.05, 3.63) is 35.4 Å². The lowest BCUT2D eigenvalue weighted by molar-refractivity contribution is -0.145. The van der Waals surface area contributed by atoms with E-state index in [2.05, 4.69) is 9.46 Å². The van der Waals surface area contributed by atoms with Crippen molar-refractivity contribution in [3.8, 4) is 0 Å². The van der Waals surface area contributed by atoms with Crippen LogP contribution in [0.1, 0.15) is 35.2 Å². The Morgan fingerprint density at radius 2 is 2.09 bits per heavy atom. The highest BCUT2D eigenvalue weighted by Gasteiger charge is 2.37. The maximum absolute atomic E-state index is 12.3. The van der Waals surface area contributed by atoms with Crippen LogP contribution in [0.4, 0.5) is 0 Å². The topological polar surface area (TPSA) is 116 Å². The molecule has 23 heavy (non-hydrogen) atoms. The Kier molecular flexibility index (Phi) is 5.38. The summed E-state index contributed by atoms with van der Waals surface area (Å²) in [7, 11) is -2.24. The Morgan fingerprint density at radius 3 is 2.74 bits per heavy atom. The highest BCUT2D eigenvalue weighted by Crippen LogP contribution is 2.30. The van der Waals surface area contributed by atoms with Crippen LogP contribution in [0.2, 0.25) is 0 Å². The van der Waals surface area contributed by atoms with Crippen molar-refractivity contribution < 1.29 is 22.7 Å². The molecule has 1 aromatic rings. The fourth-order valence-electron chi connectivity index (χ4n) is 2.74. The summed E-state index contributed by atoms with van der Waals surface area (Å²) >= 11 is 0. The molecule has 0 heterocycles. The lowest BCUT2D eigenvalue weighted by Crippen LogP contribution is -2.33. The van der Waals surface area contributed by atoms with Gasteiger partial charge in [0, 0.05) is 12.1 Å². The smallest absolute Gasteiger partial charge is 0.308 e. The average Bonchev–Trinajstić information content (AvgIpc) is 3.03. The van der Waals surface area contributed by atoms with Gasteiger partial charge in [0.1, 0.15) is 0 Å². The SMILES string of the molecule is COC(=O)[C@@H]1CC[C@H](S(=O)(=O)NCc2cccc(C(N)=O)c2)C1. The molecule has 2 rings (SSSR count). The van der Waals surface area contributed by atoms with Crippen molar-refractivity contribution in [1.82, 2.24) is 4.72 Å². The van der Waals surface area contributed by atoms with Crippen LogP contribution in [0, 0.1) is 5.92 Å². The summed E-state index contributed by atoms with van der Waals surface area (Å²) in [6.45, 7) is 0.0723. The minimum Gasteiger partial charge on any atom is -0.469 e. The maximum atomic E-state index is 12.3. The molecule has 126 valence electrons. The van der Waals surface area contributed by atoms with Crippen LogP contribution in [0.15, 0.2) is 24.3 Å². The molecule has 3 N–H and O–H groups in total. The van der Waals surface area contributed by atoms with E-state index in [1.807, 2.05) is 0 Å². The van der Waals surface area contributed by atoms with E-state index in [4.69, 9.17) is 5.73 Å². The lowest BCUT2D eigenvalue weighted by Gasteiger charge is -2.13. The van der Waals surface area contributed by atoms with Gasteiger partial charge >= 0.3 is 5.97 Å². The summed E-state index contributed by atoms with van der Waals surface area (Å²) in [5.41, 5.74) is 6.17. The molecule has 1 fully saturated rings. The largest absolute Gasteiger partial charge is 0.469 e. The van der Waals surface area contributed by atoms with Crippen molar-refractivity contribution in [2.45, 2.75) is 31.1 Å². The van der Waals surface area contributed by atoms with Gasteiger partial charge in [-0.25, -0.2) is 13.1 Å². The highest BCUT2D eigenvalue weighted by molar-refractivity contribution is 7.90. The van der Waals surface area contributed by atoms with E-state index < -0.39 is 21.2 Å². The molecule has 1 aliphatic rings. The summed E-state index contributed by atoms with van der Waals surface area (Å²) in [4.78, 5) is 22.6. The Labute approximate surface area is 135 Å². The van der Waals surface area contributed by atoms with Gasteiger partial charge in [-0.05, 0) is 37.0 Å². The number of carbonyl (C=O) groups is 2. The summed E-state index contributed by atoms with van der Waals surface area (Å²) < 4.78 is 31.8. The number of hydrogen-bond donors (Lipinski definition) is 2. The van der Waals surface area contributed by atoms with Crippen LogP contribution < -0.4 is 10.5 Å². The van der Waals surface area contributed by atoms with Gasteiger partial charge in [-0.1, -0.05) is 12.1 Å². The monoisotopic (exact) mass is 340 g/mol. The molecular weight excluding hydrogens is 320 g/mol. The molecule has 0 bridgehead atoms. The molecule has 0 spiro atoms. The van der Waals surface area contributed by atoms with Gasteiger partial charge in [-0.15, -0.1) is 0 Å². The number of ether oxygens (including phenoxy) is 1. The number of hydrogen-bond acceptors (Lipinski definition) is 5. The standard InChI is InChI=1S/C15H20N2O5S/c1-22-15(19)12-5-6-13(8-12)23(20,21)17-9-10-3-2-4-11(7-10)14(16)18/h2-4,7,12-13,17H,5-6,8-9H2,1H3,(H2,16,18)/t12-,13+/m1/s1. The number of primary amides is 1. The van der Waals surface area contributed by atoms with Crippen LogP contribution in [-0.2, 0) is 26.1 Å². The summed E-state index contributed by atoms with van der Waals surface area (Å²) in [5, 5.41) is -0.606. The predicted octanol–water partition coefficient (Wildman–Crippen LogP) is 0.547. The maximum Gasteiger partial charge on any atom is 0.308 e. The number of nitrogens with two attached hydrogens (primary N) is 1. The number of methoxy groups -OCH3 is 1. The van der Waals surface area contributed by atoms with Crippen LogP contribution in [0.5, 0.6) is 0 Å². The van der Waals surface area contributed by atoms with E-state index in [0.717, 1.165) is 0 Å². The van der Waals surface area contributed by atoms with Gasteiger partial charge in [0.05, 0.1) is 18.3 Å². The third kappa shape index (κ3) is 4.29. The molecule has 0 saturated heterocycles. The van der Waals surface area contributed by atoms with Gasteiger partial charge in [0.2, 0.25) is 15.9 Å².